The van der Waals surface area contributed by atoms with Crippen molar-refractivity contribution < 1.29 is 3.63 Å². The third kappa shape index (κ3) is 6.54. The molecule has 0 radical (unpaired) electrons. The van der Waals surface area contributed by atoms with Crippen molar-refractivity contribution in [3.8, 4) is 0 Å². The molecule has 1 nitrogen and oxygen atoms in total. The second-order valence-corrected chi connectivity index (χ2v) is 13.1. The highest BCUT2D eigenvalue weighted by molar-refractivity contribution is 9.26. The molecule has 56 valence electrons. The number of hydrogen-bond acceptors (Lipinski definition) is 5. The van der Waals surface area contributed by atoms with Crippen LogP contribution in [0.2, 0.25) is 0 Å². The summed E-state index contributed by atoms with van der Waals surface area (Å²) in [6.45, 7) is 0. The Labute approximate surface area is 81.3 Å². The van der Waals surface area contributed by atoms with Crippen LogP contribution in [-0.4, -0.2) is 6.26 Å². The molecular weight excluding hydrogens is 252 g/mol. The van der Waals surface area contributed by atoms with Gasteiger partial charge in [-0.2, -0.15) is 0 Å². The normalized spacial score (nSPS) is 17.1. The highest BCUT2D eigenvalue weighted by Gasteiger charge is 1.96. The molecule has 0 aromatic rings. The summed E-state index contributed by atoms with van der Waals surface area (Å²) >= 11 is 16.2. The van der Waals surface area contributed by atoms with Crippen molar-refractivity contribution in [1.29, 1.82) is 0 Å². The zero-order chi connectivity index (χ0) is 7.28. The molecule has 8 heteroatoms. The van der Waals surface area contributed by atoms with Gasteiger partial charge in [0.15, 0.2) is 0 Å². The van der Waals surface area contributed by atoms with E-state index in [0.717, 1.165) is 0 Å². The monoisotopic (exact) mass is 256 g/mol. The highest BCUT2D eigenvalue weighted by Crippen LogP contribution is 2.20. The second-order valence-electron chi connectivity index (χ2n) is 0.724. The van der Waals surface area contributed by atoms with Crippen molar-refractivity contribution in [2.24, 2.45) is 0 Å². The summed E-state index contributed by atoms with van der Waals surface area (Å²) in [4.78, 5) is 0. The number of hydrogen-bond donors (Lipinski definition) is 1. The van der Waals surface area contributed by atoms with Crippen LogP contribution in [0, 0.1) is 0 Å². The van der Waals surface area contributed by atoms with E-state index in [0.29, 0.717) is 0 Å². The third-order valence-corrected chi connectivity index (χ3v) is 12.3. The van der Waals surface area contributed by atoms with E-state index in [1.807, 2.05) is 6.26 Å². The first kappa shape index (κ1) is 11.1. The van der Waals surface area contributed by atoms with Gasteiger partial charge in [-0.15, -0.1) is 0 Å². The molecule has 0 saturated heterocycles. The van der Waals surface area contributed by atoms with Gasteiger partial charge in [0.25, 0.3) is 0 Å². The average Bonchev–Trinajstić information content (AvgIpc) is 1.82. The Morgan fingerprint density at radius 3 is 2.44 bits per heavy atom. The first-order valence-electron chi connectivity index (χ1n) is 1.59. The molecule has 0 aromatic heterocycles. The van der Waals surface area contributed by atoms with Crippen molar-refractivity contribution in [2.75, 3.05) is 6.26 Å². The van der Waals surface area contributed by atoms with Crippen molar-refractivity contribution >= 4 is 72.2 Å². The Morgan fingerprint density at radius 2 is 2.11 bits per heavy atom. The minimum absolute atomic E-state index is 0.358. The van der Waals surface area contributed by atoms with Crippen LogP contribution in [-0.2, 0) is 41.0 Å². The van der Waals surface area contributed by atoms with Gasteiger partial charge in [-0.1, -0.05) is 11.7 Å². The van der Waals surface area contributed by atoms with E-state index < -0.39 is 7.52 Å². The number of rotatable bonds is 4. The molecule has 0 aliphatic heterocycles. The molecule has 9 heavy (non-hydrogen) atoms. The maximum absolute atomic E-state index is 4.91. The van der Waals surface area contributed by atoms with Crippen LogP contribution in [0.5, 0.6) is 0 Å². The van der Waals surface area contributed by atoms with Gasteiger partial charge in [-0.3, -0.25) is 0 Å². The average molecular weight is 257 g/mol. The molecular formula is CH4OS7. The molecule has 0 rings (SSSR count). The zero-order valence-electron chi connectivity index (χ0n) is 4.30. The molecule has 0 N–H and O–H groups in total. The molecule has 0 amide bonds. The third-order valence-electron chi connectivity index (χ3n) is 0.268. The summed E-state index contributed by atoms with van der Waals surface area (Å²) in [5.74, 6) is 0. The lowest BCUT2D eigenvalue weighted by Crippen LogP contribution is -1.80. The first-order valence-corrected chi connectivity index (χ1v) is 9.87. The van der Waals surface area contributed by atoms with Gasteiger partial charge in [-0.05, 0) is 22.4 Å². The van der Waals surface area contributed by atoms with Gasteiger partial charge >= 0.3 is 0 Å². The lowest BCUT2D eigenvalue weighted by molar-refractivity contribution is 0.776. The van der Waals surface area contributed by atoms with Crippen molar-refractivity contribution in [3.05, 3.63) is 0 Å². The van der Waals surface area contributed by atoms with Crippen molar-refractivity contribution in [2.45, 2.75) is 0 Å². The van der Waals surface area contributed by atoms with E-state index in [4.69, 9.17) is 26.0 Å². The second kappa shape index (κ2) is 6.84. The van der Waals surface area contributed by atoms with Gasteiger partial charge in [0.2, 0.25) is 0 Å². The van der Waals surface area contributed by atoms with E-state index in [9.17, 15) is 0 Å². The predicted octanol–water partition coefficient (Wildman–Crippen LogP) is 1.76. The van der Waals surface area contributed by atoms with Gasteiger partial charge < -0.3 is 0 Å². The number of thiol groups is 1. The SMILES string of the molecule is CSOSS(=S)S(=S)S. The topological polar surface area (TPSA) is 9.23 Å². The summed E-state index contributed by atoms with van der Waals surface area (Å²) in [6, 6.07) is 0. The quantitative estimate of drug-likeness (QED) is 0.465. The molecule has 2 atom stereocenters. The van der Waals surface area contributed by atoms with Crippen molar-refractivity contribution in [3.63, 3.8) is 0 Å². The summed E-state index contributed by atoms with van der Waals surface area (Å²) < 4.78 is 4.89. The van der Waals surface area contributed by atoms with Crippen molar-refractivity contribution in [1.82, 2.24) is 0 Å². The molecule has 0 aliphatic rings. The molecule has 0 aliphatic carbocycles. The first-order chi connectivity index (χ1) is 4.18. The smallest absolute Gasteiger partial charge is 0.0939 e. The van der Waals surface area contributed by atoms with Crippen LogP contribution in [0.3, 0.4) is 0 Å². The molecule has 0 spiro atoms. The minimum atomic E-state index is -0.417. The van der Waals surface area contributed by atoms with Gasteiger partial charge in [0.05, 0.1) is 11.1 Å². The Kier molecular flexibility index (Phi) is 8.47. The fourth-order valence-electron chi connectivity index (χ4n) is 0.0742. The molecule has 0 heterocycles. The molecule has 0 bridgehead atoms. The fraction of sp³-hybridized carbons (Fsp3) is 1.00. The fourth-order valence-corrected chi connectivity index (χ4v) is 4.51. The van der Waals surface area contributed by atoms with E-state index in [-0.39, 0.29) is 7.52 Å². The highest BCUT2D eigenvalue weighted by atomic mass is 33.9. The predicted molar refractivity (Wildman–Crippen MR) is 60.6 cm³/mol. The Bertz CT molecular complexity index is 118. The maximum Gasteiger partial charge on any atom is 0.0939 e. The van der Waals surface area contributed by atoms with Crippen LogP contribution in [0.4, 0.5) is 0 Å². The van der Waals surface area contributed by atoms with Crippen LogP contribution in [0.1, 0.15) is 0 Å². The molecule has 2 unspecified atom stereocenters. The van der Waals surface area contributed by atoms with Gasteiger partial charge in [0.1, 0.15) is 0 Å². The zero-order valence-corrected chi connectivity index (χ0v) is 10.1. The Hall–Kier alpha value is 2.15. The maximum atomic E-state index is 4.91. The van der Waals surface area contributed by atoms with E-state index in [1.54, 1.807) is 0 Å². The summed E-state index contributed by atoms with van der Waals surface area (Å²) in [7, 11) is -0.775. The van der Waals surface area contributed by atoms with Crippen LogP contribution in [0.25, 0.3) is 0 Å². The van der Waals surface area contributed by atoms with E-state index in [1.165, 1.54) is 23.1 Å². The molecule has 0 fully saturated rings. The minimum Gasteiger partial charge on any atom is -0.235 e. The Morgan fingerprint density at radius 1 is 1.56 bits per heavy atom. The Balaban J connectivity index is 3.39. The van der Waals surface area contributed by atoms with Gasteiger partial charge in [-0.25, -0.2) is 3.63 Å². The van der Waals surface area contributed by atoms with Crippen LogP contribution < -0.4 is 0 Å². The van der Waals surface area contributed by atoms with Crippen LogP contribution in [0.15, 0.2) is 0 Å². The lowest BCUT2D eigenvalue weighted by atomic mass is 12.0. The summed E-state index contributed by atoms with van der Waals surface area (Å²) in [6.07, 6.45) is 1.83. The molecule has 0 saturated carbocycles. The van der Waals surface area contributed by atoms with E-state index >= 15 is 0 Å². The van der Waals surface area contributed by atoms with E-state index in [2.05, 4.69) is 11.7 Å². The lowest BCUT2D eigenvalue weighted by Gasteiger charge is -1.97. The van der Waals surface area contributed by atoms with Crippen LogP contribution >= 0.6 is 34.8 Å². The largest absolute Gasteiger partial charge is 0.235 e. The summed E-state index contributed by atoms with van der Waals surface area (Å²) in [5.41, 5.74) is 0. The molecule has 0 aromatic carbocycles. The summed E-state index contributed by atoms with van der Waals surface area (Å²) in [5, 5.41) is 0. The standard InChI is InChI=1S/CH4OS7/c1-6-2-7-9(5)8(3)4/h1H3,(H,3,4). The van der Waals surface area contributed by atoms with Gasteiger partial charge in [0, 0.05) is 33.3 Å².